The van der Waals surface area contributed by atoms with Crippen molar-refractivity contribution in [3.05, 3.63) is 24.0 Å². The largest absolute Gasteiger partial charge is 0.471 e. The number of hydrogen-bond donors (Lipinski definition) is 1. The molecule has 2 unspecified atom stereocenters. The number of piperazine rings is 1. The Bertz CT molecular complexity index is 595. The van der Waals surface area contributed by atoms with Gasteiger partial charge in [0.05, 0.1) is 12.1 Å². The number of nitrogens with one attached hydrogen (secondary N) is 1. The molecule has 4 aliphatic heterocycles. The number of hydrogen-bond acceptors (Lipinski definition) is 4. The number of carbonyl (C=O) groups excluding carboxylic acids is 1. The molecule has 0 aliphatic carbocycles. The maximum atomic E-state index is 12.5. The molecular weight excluding hydrogens is 333 g/mol. The van der Waals surface area contributed by atoms with Crippen LogP contribution in [0.25, 0.3) is 0 Å². The van der Waals surface area contributed by atoms with E-state index in [1.54, 1.807) is 0 Å². The molecule has 0 saturated carbocycles. The van der Waals surface area contributed by atoms with Gasteiger partial charge in [-0.1, -0.05) is 12.2 Å². The summed E-state index contributed by atoms with van der Waals surface area (Å²) in [5.41, 5.74) is 0. The van der Waals surface area contributed by atoms with Crippen molar-refractivity contribution >= 4 is 5.91 Å². The van der Waals surface area contributed by atoms with Gasteiger partial charge in [-0.15, -0.1) is 0 Å². The lowest BCUT2D eigenvalue weighted by Crippen LogP contribution is -2.57. The molecule has 1 amide bonds. The Morgan fingerprint density at radius 3 is 2.72 bits per heavy atom. The minimum Gasteiger partial charge on any atom is -0.370 e. The zero-order chi connectivity index (χ0) is 17.6. The second kappa shape index (κ2) is 6.23. The molecule has 8 heteroatoms. The molecule has 2 atom stereocenters. The molecule has 0 spiro atoms. The zero-order valence-corrected chi connectivity index (χ0v) is 14.0. The van der Waals surface area contributed by atoms with E-state index in [0.29, 0.717) is 30.8 Å². The van der Waals surface area contributed by atoms with Crippen LogP contribution in [-0.4, -0.2) is 78.1 Å². The second-order valence-electron chi connectivity index (χ2n) is 7.40. The number of halogens is 3. The van der Waals surface area contributed by atoms with Crippen LogP contribution in [0.5, 0.6) is 0 Å². The molecule has 0 aromatic rings. The molecule has 4 aliphatic rings. The van der Waals surface area contributed by atoms with Gasteiger partial charge in [-0.3, -0.25) is 9.69 Å². The summed E-state index contributed by atoms with van der Waals surface area (Å²) in [6, 6.07) is 0.836. The number of piperidine rings is 1. The smallest absolute Gasteiger partial charge is 0.370 e. The quantitative estimate of drug-likeness (QED) is 0.806. The van der Waals surface area contributed by atoms with E-state index in [2.05, 4.69) is 33.3 Å². The molecule has 0 aromatic carbocycles. The Hall–Kier alpha value is -1.70. The average molecular weight is 356 g/mol. The van der Waals surface area contributed by atoms with Crippen LogP contribution in [0.4, 0.5) is 13.2 Å². The van der Waals surface area contributed by atoms with Crippen molar-refractivity contribution in [1.82, 2.24) is 20.0 Å². The van der Waals surface area contributed by atoms with Gasteiger partial charge >= 0.3 is 12.1 Å². The second-order valence-corrected chi connectivity index (χ2v) is 7.40. The van der Waals surface area contributed by atoms with E-state index >= 15 is 0 Å². The highest BCUT2D eigenvalue weighted by Crippen LogP contribution is 2.30. The fraction of sp³-hybridized carbons (Fsp3) is 0.706. The van der Waals surface area contributed by atoms with Gasteiger partial charge in [0.2, 0.25) is 0 Å². The Labute approximate surface area is 145 Å². The Morgan fingerprint density at radius 2 is 2.00 bits per heavy atom. The molecule has 4 rings (SSSR count). The third-order valence-electron chi connectivity index (χ3n) is 5.71. The summed E-state index contributed by atoms with van der Waals surface area (Å²) < 4.78 is 37.6. The van der Waals surface area contributed by atoms with Crippen LogP contribution in [0.3, 0.4) is 0 Å². The van der Waals surface area contributed by atoms with E-state index < -0.39 is 12.1 Å². The van der Waals surface area contributed by atoms with E-state index in [1.807, 2.05) is 0 Å². The van der Waals surface area contributed by atoms with E-state index in [-0.39, 0.29) is 13.1 Å². The first-order valence-corrected chi connectivity index (χ1v) is 8.91. The Morgan fingerprint density at radius 1 is 1.24 bits per heavy atom. The fourth-order valence-corrected chi connectivity index (χ4v) is 4.52. The molecule has 5 nitrogen and oxygen atoms in total. The maximum absolute atomic E-state index is 12.5. The molecule has 0 bridgehead atoms. The lowest BCUT2D eigenvalue weighted by molar-refractivity contribution is -0.186. The summed E-state index contributed by atoms with van der Waals surface area (Å²) in [7, 11) is 0. The van der Waals surface area contributed by atoms with Crippen LogP contribution in [0, 0.1) is 5.92 Å². The Kier molecular flexibility index (Phi) is 4.17. The van der Waals surface area contributed by atoms with Gasteiger partial charge in [0, 0.05) is 39.3 Å². The lowest BCUT2D eigenvalue weighted by atomic mass is 9.94. The van der Waals surface area contributed by atoms with Gasteiger partial charge in [0.25, 0.3) is 0 Å². The molecule has 25 heavy (non-hydrogen) atoms. The summed E-state index contributed by atoms with van der Waals surface area (Å²) in [6.45, 7) is 4.21. The highest BCUT2D eigenvalue weighted by Gasteiger charge is 2.44. The molecule has 1 N–H and O–H groups in total. The van der Waals surface area contributed by atoms with E-state index in [0.717, 1.165) is 31.1 Å². The number of allylic oxidation sites excluding steroid dienone is 2. The number of alkyl halides is 3. The predicted molar refractivity (Wildman–Crippen MR) is 86.4 cm³/mol. The SMILES string of the molecule is O=C(N1CCC(CN2CC3C=CC=C4NCC(C2)N43)CC1)C(F)(F)F. The average Bonchev–Trinajstić information content (AvgIpc) is 2.99. The molecule has 4 heterocycles. The van der Waals surface area contributed by atoms with E-state index in [9.17, 15) is 18.0 Å². The first-order valence-electron chi connectivity index (χ1n) is 8.91. The first kappa shape index (κ1) is 16.8. The minimum absolute atomic E-state index is 0.212. The zero-order valence-electron chi connectivity index (χ0n) is 14.0. The monoisotopic (exact) mass is 356 g/mol. The summed E-state index contributed by atoms with van der Waals surface area (Å²) >= 11 is 0. The van der Waals surface area contributed by atoms with Crippen molar-refractivity contribution in [2.75, 3.05) is 39.3 Å². The summed E-state index contributed by atoms with van der Waals surface area (Å²) in [4.78, 5) is 17.2. The highest BCUT2D eigenvalue weighted by molar-refractivity contribution is 5.81. The van der Waals surface area contributed by atoms with Crippen molar-refractivity contribution in [3.63, 3.8) is 0 Å². The van der Waals surface area contributed by atoms with E-state index in [4.69, 9.17) is 0 Å². The molecular formula is C17H23F3N4O. The highest BCUT2D eigenvalue weighted by atomic mass is 19.4. The summed E-state index contributed by atoms with van der Waals surface area (Å²) in [6.07, 6.45) is 2.97. The Balaban J connectivity index is 1.30. The van der Waals surface area contributed by atoms with Crippen molar-refractivity contribution < 1.29 is 18.0 Å². The third-order valence-corrected chi connectivity index (χ3v) is 5.71. The summed E-state index contributed by atoms with van der Waals surface area (Å²) in [5.74, 6) is -0.125. The summed E-state index contributed by atoms with van der Waals surface area (Å²) in [5, 5.41) is 3.44. The maximum Gasteiger partial charge on any atom is 0.471 e. The van der Waals surface area contributed by atoms with Crippen LogP contribution in [0.2, 0.25) is 0 Å². The van der Waals surface area contributed by atoms with Crippen LogP contribution in [0.15, 0.2) is 24.0 Å². The third kappa shape index (κ3) is 3.23. The van der Waals surface area contributed by atoms with Gasteiger partial charge in [0.15, 0.2) is 0 Å². The molecule has 0 aromatic heterocycles. The van der Waals surface area contributed by atoms with Gasteiger partial charge in [-0.05, 0) is 24.8 Å². The number of carbonyl (C=O) groups is 1. The van der Waals surface area contributed by atoms with Crippen molar-refractivity contribution in [1.29, 1.82) is 0 Å². The van der Waals surface area contributed by atoms with Crippen LogP contribution in [-0.2, 0) is 4.79 Å². The van der Waals surface area contributed by atoms with Gasteiger partial charge in [0.1, 0.15) is 5.82 Å². The topological polar surface area (TPSA) is 38.8 Å². The normalized spacial score (nSPS) is 30.1. The fourth-order valence-electron chi connectivity index (χ4n) is 4.52. The number of amides is 1. The number of rotatable bonds is 2. The number of nitrogens with zero attached hydrogens (tertiary/aromatic N) is 3. The van der Waals surface area contributed by atoms with Crippen molar-refractivity contribution in [2.24, 2.45) is 5.92 Å². The lowest BCUT2D eigenvalue weighted by Gasteiger charge is -2.45. The van der Waals surface area contributed by atoms with Crippen molar-refractivity contribution in [2.45, 2.75) is 31.1 Å². The van der Waals surface area contributed by atoms with Gasteiger partial charge in [-0.2, -0.15) is 13.2 Å². The van der Waals surface area contributed by atoms with Crippen molar-refractivity contribution in [3.8, 4) is 0 Å². The number of likely N-dealkylation sites (tertiary alicyclic amines) is 1. The molecule has 0 radical (unpaired) electrons. The minimum atomic E-state index is -4.75. The molecule has 3 saturated heterocycles. The first-order chi connectivity index (χ1) is 11.9. The van der Waals surface area contributed by atoms with E-state index in [1.165, 1.54) is 5.82 Å². The van der Waals surface area contributed by atoms with Gasteiger partial charge in [-0.25, -0.2) is 0 Å². The standard InChI is InChI=1S/C17H23F3N4O/c18-17(19,20)16(25)23-6-4-12(5-7-23)9-22-10-13-2-1-3-15-21-8-14(11-22)24(13)15/h1-3,12-14,21H,4-11H2. The van der Waals surface area contributed by atoms with Gasteiger partial charge < -0.3 is 15.1 Å². The predicted octanol–water partition coefficient (Wildman–Crippen LogP) is 1.16. The van der Waals surface area contributed by atoms with Crippen LogP contribution >= 0.6 is 0 Å². The molecule has 3 fully saturated rings. The van der Waals surface area contributed by atoms with Crippen LogP contribution < -0.4 is 5.32 Å². The molecule has 138 valence electrons. The van der Waals surface area contributed by atoms with Crippen LogP contribution in [0.1, 0.15) is 12.8 Å².